The Morgan fingerprint density at radius 2 is 1.10 bits per heavy atom. The van der Waals surface area contributed by atoms with Gasteiger partial charge in [-0.3, -0.25) is 9.59 Å². The van der Waals surface area contributed by atoms with E-state index in [-0.39, 0.29) is 17.2 Å². The lowest BCUT2D eigenvalue weighted by molar-refractivity contribution is -0.116. The highest BCUT2D eigenvalue weighted by Gasteiger charge is 2.19. The maximum Gasteiger partial charge on any atom is 0.244 e. The van der Waals surface area contributed by atoms with Crippen molar-refractivity contribution in [2.24, 2.45) is 5.41 Å². The van der Waals surface area contributed by atoms with Gasteiger partial charge in [0.1, 0.15) is 0 Å². The van der Waals surface area contributed by atoms with Crippen LogP contribution in [0, 0.1) is 5.41 Å². The van der Waals surface area contributed by atoms with Crippen LogP contribution in [-0.4, -0.2) is 24.9 Å². The van der Waals surface area contributed by atoms with Crippen LogP contribution in [0.25, 0.3) is 12.2 Å². The molecule has 2 N–H and O–H groups in total. The van der Waals surface area contributed by atoms with Crippen molar-refractivity contribution in [3.8, 4) is 0 Å². The van der Waals surface area contributed by atoms with Crippen LogP contribution in [-0.2, 0) is 9.59 Å². The molecule has 0 atom stereocenters. The van der Waals surface area contributed by atoms with Gasteiger partial charge in [-0.15, -0.1) is 0 Å². The molecular formula is C23H24Cl2N2O2. The summed E-state index contributed by atoms with van der Waals surface area (Å²) < 4.78 is 0. The van der Waals surface area contributed by atoms with Gasteiger partial charge in [-0.2, -0.15) is 0 Å². The van der Waals surface area contributed by atoms with Gasteiger partial charge in [0.25, 0.3) is 0 Å². The van der Waals surface area contributed by atoms with Crippen LogP contribution in [0.5, 0.6) is 0 Å². The Hall–Kier alpha value is -2.56. The monoisotopic (exact) mass is 430 g/mol. The summed E-state index contributed by atoms with van der Waals surface area (Å²) in [7, 11) is 0. The fourth-order valence-corrected chi connectivity index (χ4v) is 2.58. The predicted molar refractivity (Wildman–Crippen MR) is 121 cm³/mol. The Bertz CT molecular complexity index is 813. The lowest BCUT2D eigenvalue weighted by Gasteiger charge is -2.24. The van der Waals surface area contributed by atoms with E-state index < -0.39 is 0 Å². The molecule has 0 saturated carbocycles. The molecule has 0 aliphatic heterocycles. The molecule has 0 bridgehead atoms. The molecule has 6 heteroatoms. The average molecular weight is 431 g/mol. The number of nitrogens with one attached hydrogen (secondary N) is 2. The first kappa shape index (κ1) is 22.7. The average Bonchev–Trinajstić information content (AvgIpc) is 2.70. The maximum atomic E-state index is 12.0. The van der Waals surface area contributed by atoms with Crippen LogP contribution in [0.3, 0.4) is 0 Å². The molecule has 2 aromatic rings. The van der Waals surface area contributed by atoms with Crippen molar-refractivity contribution in [2.45, 2.75) is 13.8 Å². The van der Waals surface area contributed by atoms with Gasteiger partial charge in [0.2, 0.25) is 11.8 Å². The predicted octanol–water partition coefficient (Wildman–Crippen LogP) is 4.98. The molecule has 0 aliphatic carbocycles. The number of benzene rings is 2. The smallest absolute Gasteiger partial charge is 0.244 e. The van der Waals surface area contributed by atoms with E-state index in [1.54, 1.807) is 36.4 Å². The molecular weight excluding hydrogens is 407 g/mol. The summed E-state index contributed by atoms with van der Waals surface area (Å²) in [4.78, 5) is 24.0. The van der Waals surface area contributed by atoms with Crippen molar-refractivity contribution < 1.29 is 9.59 Å². The van der Waals surface area contributed by atoms with E-state index in [2.05, 4.69) is 10.6 Å². The van der Waals surface area contributed by atoms with E-state index >= 15 is 0 Å². The molecule has 0 heterocycles. The topological polar surface area (TPSA) is 58.2 Å². The van der Waals surface area contributed by atoms with Crippen LogP contribution in [0.15, 0.2) is 60.7 Å². The fourth-order valence-electron chi connectivity index (χ4n) is 2.32. The highest BCUT2D eigenvalue weighted by molar-refractivity contribution is 6.30. The quantitative estimate of drug-likeness (QED) is 0.580. The molecule has 0 unspecified atom stereocenters. The number of hydrogen-bond acceptors (Lipinski definition) is 2. The number of hydrogen-bond donors (Lipinski definition) is 2. The van der Waals surface area contributed by atoms with E-state index in [9.17, 15) is 9.59 Å². The molecule has 2 aromatic carbocycles. The third-order valence-electron chi connectivity index (χ3n) is 4.08. The number of carbonyl (C=O) groups is 2. The summed E-state index contributed by atoms with van der Waals surface area (Å²) in [5, 5.41) is 7.02. The van der Waals surface area contributed by atoms with Gasteiger partial charge in [0.15, 0.2) is 0 Å². The molecule has 2 amide bonds. The van der Waals surface area contributed by atoms with Crippen LogP contribution in [0.4, 0.5) is 0 Å². The van der Waals surface area contributed by atoms with Gasteiger partial charge in [-0.1, -0.05) is 61.3 Å². The molecule has 0 fully saturated rings. The molecule has 0 saturated heterocycles. The summed E-state index contributed by atoms with van der Waals surface area (Å²) >= 11 is 11.7. The summed E-state index contributed by atoms with van der Waals surface area (Å²) in [6, 6.07) is 14.4. The van der Waals surface area contributed by atoms with E-state index in [1.165, 1.54) is 12.2 Å². The minimum absolute atomic E-state index is 0.193. The van der Waals surface area contributed by atoms with Gasteiger partial charge in [-0.05, 0) is 53.0 Å². The molecule has 0 aliphatic rings. The molecule has 2 rings (SSSR count). The number of halogens is 2. The van der Waals surface area contributed by atoms with Crippen LogP contribution < -0.4 is 10.6 Å². The molecule has 29 heavy (non-hydrogen) atoms. The Kier molecular flexibility index (Phi) is 8.50. The summed E-state index contributed by atoms with van der Waals surface area (Å²) in [6.45, 7) is 4.80. The van der Waals surface area contributed by atoms with E-state index in [0.717, 1.165) is 11.1 Å². The third kappa shape index (κ3) is 8.99. The molecule has 4 nitrogen and oxygen atoms in total. The van der Waals surface area contributed by atoms with Gasteiger partial charge >= 0.3 is 0 Å². The number of carbonyl (C=O) groups excluding carboxylic acids is 2. The van der Waals surface area contributed by atoms with E-state index in [4.69, 9.17) is 23.2 Å². The second-order valence-electron chi connectivity index (χ2n) is 7.37. The lowest BCUT2D eigenvalue weighted by atomic mass is 9.93. The number of amides is 2. The number of rotatable bonds is 8. The fraction of sp³-hybridized carbons (Fsp3) is 0.217. The van der Waals surface area contributed by atoms with Crippen LogP contribution >= 0.6 is 23.2 Å². The molecule has 0 aromatic heterocycles. The molecule has 152 valence electrons. The van der Waals surface area contributed by atoms with Crippen molar-refractivity contribution >= 4 is 47.2 Å². The maximum absolute atomic E-state index is 12.0. The van der Waals surface area contributed by atoms with Gasteiger partial charge < -0.3 is 10.6 Å². The summed E-state index contributed by atoms with van der Waals surface area (Å²) in [5.41, 5.74) is 1.49. The standard InChI is InChI=1S/C23H24Cl2N2O2/c1-23(2,15-26-21(28)13-7-17-3-9-19(24)10-4-17)16-27-22(29)14-8-18-5-11-20(25)12-6-18/h3-14H,15-16H2,1-2H3,(H,26,28)(H,27,29). The van der Waals surface area contributed by atoms with Gasteiger partial charge in [0.05, 0.1) is 0 Å². The highest BCUT2D eigenvalue weighted by Crippen LogP contribution is 2.13. The normalized spacial score (nSPS) is 11.7. The second kappa shape index (κ2) is 10.8. The van der Waals surface area contributed by atoms with Crippen LogP contribution in [0.1, 0.15) is 25.0 Å². The van der Waals surface area contributed by atoms with Crippen LogP contribution in [0.2, 0.25) is 10.0 Å². The van der Waals surface area contributed by atoms with Gasteiger partial charge in [0, 0.05) is 35.3 Å². The van der Waals surface area contributed by atoms with Crippen molar-refractivity contribution in [1.29, 1.82) is 0 Å². The molecule has 0 radical (unpaired) electrons. The Morgan fingerprint density at radius 1 is 0.759 bits per heavy atom. The van der Waals surface area contributed by atoms with Crippen molar-refractivity contribution in [2.75, 3.05) is 13.1 Å². The van der Waals surface area contributed by atoms with E-state index in [1.807, 2.05) is 38.1 Å². The van der Waals surface area contributed by atoms with Gasteiger partial charge in [-0.25, -0.2) is 0 Å². The Morgan fingerprint density at radius 3 is 1.45 bits per heavy atom. The van der Waals surface area contributed by atoms with E-state index in [0.29, 0.717) is 23.1 Å². The highest BCUT2D eigenvalue weighted by atomic mass is 35.5. The zero-order valence-corrected chi connectivity index (χ0v) is 17.9. The lowest BCUT2D eigenvalue weighted by Crippen LogP contribution is -2.41. The zero-order chi connectivity index (χ0) is 21.3. The third-order valence-corrected chi connectivity index (χ3v) is 4.58. The van der Waals surface area contributed by atoms with Crippen molar-refractivity contribution in [1.82, 2.24) is 10.6 Å². The summed E-state index contributed by atoms with van der Waals surface area (Å²) in [6.07, 6.45) is 6.41. The SMILES string of the molecule is CC(C)(CNC(=O)C=Cc1ccc(Cl)cc1)CNC(=O)C=Cc1ccc(Cl)cc1. The first-order chi connectivity index (χ1) is 13.7. The Balaban J connectivity index is 1.75. The molecule has 0 spiro atoms. The Labute approximate surface area is 181 Å². The second-order valence-corrected chi connectivity index (χ2v) is 8.24. The first-order valence-corrected chi connectivity index (χ1v) is 9.92. The zero-order valence-electron chi connectivity index (χ0n) is 16.4. The minimum atomic E-state index is -0.298. The van der Waals surface area contributed by atoms with Crippen molar-refractivity contribution in [3.63, 3.8) is 0 Å². The first-order valence-electron chi connectivity index (χ1n) is 9.16. The van der Waals surface area contributed by atoms with Crippen molar-refractivity contribution in [3.05, 3.63) is 81.9 Å². The summed E-state index contributed by atoms with van der Waals surface area (Å²) in [5.74, 6) is -0.385. The minimum Gasteiger partial charge on any atom is -0.352 e. The largest absolute Gasteiger partial charge is 0.352 e.